The third kappa shape index (κ3) is 2.23. The summed E-state index contributed by atoms with van der Waals surface area (Å²) in [4.78, 5) is 8.77. The zero-order chi connectivity index (χ0) is 13.9. The van der Waals surface area contributed by atoms with Crippen LogP contribution in [0, 0.1) is 6.92 Å². The van der Waals surface area contributed by atoms with Crippen molar-refractivity contribution in [3.8, 4) is 22.8 Å². The molecule has 3 heterocycles. The van der Waals surface area contributed by atoms with Crippen LogP contribution in [0.5, 0.6) is 5.88 Å². The van der Waals surface area contributed by atoms with E-state index in [1.54, 1.807) is 30.5 Å². The SMILES string of the molecule is COc1ccc(-c2ccc(-n3cnnc3)nc2C)cn1. The molecule has 0 fully saturated rings. The van der Waals surface area contributed by atoms with Crippen LogP contribution in [0.15, 0.2) is 43.1 Å². The molecule has 3 aromatic rings. The molecular weight excluding hydrogens is 254 g/mol. The van der Waals surface area contributed by atoms with Crippen LogP contribution in [0.2, 0.25) is 0 Å². The predicted octanol–water partition coefficient (Wildman–Crippen LogP) is 2.04. The van der Waals surface area contributed by atoms with Crippen LogP contribution >= 0.6 is 0 Å². The number of nitrogens with zero attached hydrogens (tertiary/aromatic N) is 5. The fraction of sp³-hybridized carbons (Fsp3) is 0.143. The molecule has 0 radical (unpaired) electrons. The summed E-state index contributed by atoms with van der Waals surface area (Å²) in [6, 6.07) is 7.74. The summed E-state index contributed by atoms with van der Waals surface area (Å²) in [5.74, 6) is 1.39. The summed E-state index contributed by atoms with van der Waals surface area (Å²) < 4.78 is 6.83. The van der Waals surface area contributed by atoms with Gasteiger partial charge in [0, 0.05) is 29.1 Å². The summed E-state index contributed by atoms with van der Waals surface area (Å²) in [5.41, 5.74) is 2.96. The van der Waals surface area contributed by atoms with Crippen molar-refractivity contribution < 1.29 is 4.74 Å². The minimum atomic E-state index is 0.598. The summed E-state index contributed by atoms with van der Waals surface area (Å²) in [5, 5.41) is 7.55. The highest BCUT2D eigenvalue weighted by molar-refractivity contribution is 5.65. The van der Waals surface area contributed by atoms with Gasteiger partial charge in [0.1, 0.15) is 18.5 Å². The molecule has 20 heavy (non-hydrogen) atoms. The molecule has 0 aliphatic carbocycles. The van der Waals surface area contributed by atoms with E-state index in [0.717, 1.165) is 22.6 Å². The number of aromatic nitrogens is 5. The normalized spacial score (nSPS) is 10.5. The number of hydrogen-bond donors (Lipinski definition) is 0. The van der Waals surface area contributed by atoms with E-state index < -0.39 is 0 Å². The highest BCUT2D eigenvalue weighted by atomic mass is 16.5. The van der Waals surface area contributed by atoms with Crippen molar-refractivity contribution in [1.82, 2.24) is 24.7 Å². The molecule has 0 unspecified atom stereocenters. The van der Waals surface area contributed by atoms with Crippen LogP contribution in [-0.4, -0.2) is 31.8 Å². The van der Waals surface area contributed by atoms with Gasteiger partial charge in [0.25, 0.3) is 0 Å². The summed E-state index contributed by atoms with van der Waals surface area (Å²) in [6.07, 6.45) is 5.02. The second-order valence-corrected chi connectivity index (χ2v) is 4.26. The molecule has 0 spiro atoms. The highest BCUT2D eigenvalue weighted by Crippen LogP contribution is 2.23. The Labute approximate surface area is 116 Å². The highest BCUT2D eigenvalue weighted by Gasteiger charge is 2.06. The maximum Gasteiger partial charge on any atom is 0.212 e. The minimum Gasteiger partial charge on any atom is -0.481 e. The standard InChI is InChI=1S/C14H13N5O/c1-10-12(11-3-6-14(20-2)15-7-11)4-5-13(18-10)19-8-16-17-9-19/h3-9H,1-2H3. The first kappa shape index (κ1) is 12.3. The first-order chi connectivity index (χ1) is 9.78. The van der Waals surface area contributed by atoms with E-state index in [4.69, 9.17) is 4.74 Å². The van der Waals surface area contributed by atoms with Crippen molar-refractivity contribution in [2.45, 2.75) is 6.92 Å². The van der Waals surface area contributed by atoms with Gasteiger partial charge in [-0.05, 0) is 25.1 Å². The van der Waals surface area contributed by atoms with Crippen LogP contribution in [-0.2, 0) is 0 Å². The van der Waals surface area contributed by atoms with Gasteiger partial charge in [-0.15, -0.1) is 10.2 Å². The van der Waals surface area contributed by atoms with Crippen molar-refractivity contribution >= 4 is 0 Å². The Balaban J connectivity index is 1.98. The number of methoxy groups -OCH3 is 1. The van der Waals surface area contributed by atoms with E-state index >= 15 is 0 Å². The van der Waals surface area contributed by atoms with Gasteiger partial charge in [0.15, 0.2) is 0 Å². The zero-order valence-electron chi connectivity index (χ0n) is 11.2. The molecule has 0 saturated heterocycles. The van der Waals surface area contributed by atoms with Crippen LogP contribution in [0.4, 0.5) is 0 Å². The van der Waals surface area contributed by atoms with Crippen LogP contribution in [0.1, 0.15) is 5.69 Å². The van der Waals surface area contributed by atoms with Gasteiger partial charge >= 0.3 is 0 Å². The number of aryl methyl sites for hydroxylation is 1. The lowest BCUT2D eigenvalue weighted by Gasteiger charge is -2.08. The second-order valence-electron chi connectivity index (χ2n) is 4.26. The van der Waals surface area contributed by atoms with Gasteiger partial charge in [-0.3, -0.25) is 4.57 Å². The second kappa shape index (κ2) is 5.08. The molecular formula is C14H13N5O. The lowest BCUT2D eigenvalue weighted by Crippen LogP contribution is -1.98. The Bertz CT molecular complexity index is 707. The van der Waals surface area contributed by atoms with Crippen molar-refractivity contribution in [2.75, 3.05) is 7.11 Å². The third-order valence-corrected chi connectivity index (χ3v) is 3.01. The van der Waals surface area contributed by atoms with E-state index in [0.29, 0.717) is 5.88 Å². The molecule has 0 aliphatic rings. The first-order valence-corrected chi connectivity index (χ1v) is 6.11. The van der Waals surface area contributed by atoms with Crippen LogP contribution < -0.4 is 4.74 Å². The van der Waals surface area contributed by atoms with E-state index in [9.17, 15) is 0 Å². The molecule has 0 saturated carbocycles. The predicted molar refractivity (Wildman–Crippen MR) is 73.7 cm³/mol. The molecule has 6 nitrogen and oxygen atoms in total. The Morgan fingerprint density at radius 2 is 1.85 bits per heavy atom. The molecule has 3 rings (SSSR count). The Kier molecular flexibility index (Phi) is 3.12. The zero-order valence-corrected chi connectivity index (χ0v) is 11.2. The van der Waals surface area contributed by atoms with Crippen molar-refractivity contribution in [3.05, 3.63) is 48.8 Å². The molecule has 0 atom stereocenters. The largest absolute Gasteiger partial charge is 0.481 e. The molecule has 3 aromatic heterocycles. The molecule has 0 amide bonds. The third-order valence-electron chi connectivity index (χ3n) is 3.01. The summed E-state index contributed by atoms with van der Waals surface area (Å²) in [6.45, 7) is 1.97. The van der Waals surface area contributed by atoms with Crippen LogP contribution in [0.25, 0.3) is 16.9 Å². The fourth-order valence-corrected chi connectivity index (χ4v) is 1.98. The first-order valence-electron chi connectivity index (χ1n) is 6.11. The topological polar surface area (TPSA) is 65.7 Å². The van der Waals surface area contributed by atoms with Gasteiger partial charge < -0.3 is 4.74 Å². The maximum absolute atomic E-state index is 5.06. The van der Waals surface area contributed by atoms with Crippen molar-refractivity contribution in [2.24, 2.45) is 0 Å². The number of ether oxygens (including phenoxy) is 1. The van der Waals surface area contributed by atoms with Crippen LogP contribution in [0.3, 0.4) is 0 Å². The number of rotatable bonds is 3. The smallest absolute Gasteiger partial charge is 0.212 e. The Morgan fingerprint density at radius 1 is 1.05 bits per heavy atom. The van der Waals surface area contributed by atoms with Gasteiger partial charge in [-0.1, -0.05) is 0 Å². The van der Waals surface area contributed by atoms with E-state index in [2.05, 4.69) is 20.2 Å². The summed E-state index contributed by atoms with van der Waals surface area (Å²) >= 11 is 0. The molecule has 0 bridgehead atoms. The maximum atomic E-state index is 5.06. The van der Waals surface area contributed by atoms with Gasteiger partial charge in [0.2, 0.25) is 5.88 Å². The average Bonchev–Trinajstić information content (AvgIpc) is 3.01. The van der Waals surface area contributed by atoms with Gasteiger partial charge in [-0.25, -0.2) is 9.97 Å². The van der Waals surface area contributed by atoms with Crippen molar-refractivity contribution in [3.63, 3.8) is 0 Å². The Hall–Kier alpha value is -2.76. The lowest BCUT2D eigenvalue weighted by molar-refractivity contribution is 0.398. The number of pyridine rings is 2. The minimum absolute atomic E-state index is 0.598. The number of hydrogen-bond acceptors (Lipinski definition) is 5. The Morgan fingerprint density at radius 3 is 2.45 bits per heavy atom. The van der Waals surface area contributed by atoms with Gasteiger partial charge in [-0.2, -0.15) is 0 Å². The summed E-state index contributed by atoms with van der Waals surface area (Å²) in [7, 11) is 1.60. The van der Waals surface area contributed by atoms with E-state index in [-0.39, 0.29) is 0 Å². The lowest BCUT2D eigenvalue weighted by atomic mass is 10.1. The van der Waals surface area contributed by atoms with Crippen molar-refractivity contribution in [1.29, 1.82) is 0 Å². The van der Waals surface area contributed by atoms with E-state index in [1.165, 1.54) is 0 Å². The average molecular weight is 267 g/mol. The molecule has 100 valence electrons. The van der Waals surface area contributed by atoms with Gasteiger partial charge in [0.05, 0.1) is 7.11 Å². The van der Waals surface area contributed by atoms with E-state index in [1.807, 2.05) is 31.2 Å². The molecule has 0 N–H and O–H groups in total. The fourth-order valence-electron chi connectivity index (χ4n) is 1.98. The molecule has 0 aliphatic heterocycles. The quantitative estimate of drug-likeness (QED) is 0.726. The monoisotopic (exact) mass is 267 g/mol. The molecule has 6 heteroatoms. The molecule has 0 aromatic carbocycles.